The van der Waals surface area contributed by atoms with Crippen molar-refractivity contribution in [3.05, 3.63) is 57.0 Å². The van der Waals surface area contributed by atoms with Gasteiger partial charge in [-0.3, -0.25) is 4.99 Å². The second kappa shape index (κ2) is 8.29. The van der Waals surface area contributed by atoms with Crippen molar-refractivity contribution >= 4 is 28.9 Å². The predicted molar refractivity (Wildman–Crippen MR) is 93.5 cm³/mol. The minimum atomic E-state index is -0.660. The molecule has 2 aromatic rings. The van der Waals surface area contributed by atoms with E-state index >= 15 is 0 Å². The van der Waals surface area contributed by atoms with Crippen LogP contribution in [0.5, 0.6) is 0 Å². The van der Waals surface area contributed by atoms with E-state index in [2.05, 4.69) is 10.3 Å². The van der Waals surface area contributed by atoms with E-state index in [4.69, 9.17) is 11.6 Å². The predicted octanol–water partition coefficient (Wildman–Crippen LogP) is 3.28. The maximum absolute atomic E-state index is 13.2. The van der Waals surface area contributed by atoms with Gasteiger partial charge in [-0.2, -0.15) is 0 Å². The number of benzene rings is 1. The molecule has 1 aromatic heterocycles. The molecule has 2 N–H and O–H groups in total. The van der Waals surface area contributed by atoms with Gasteiger partial charge in [0.1, 0.15) is 11.9 Å². The Morgan fingerprint density at radius 2 is 2.22 bits per heavy atom. The van der Waals surface area contributed by atoms with Crippen LogP contribution in [0.3, 0.4) is 0 Å². The summed E-state index contributed by atoms with van der Waals surface area (Å²) in [4.78, 5) is 6.84. The first-order valence-electron chi connectivity index (χ1n) is 7.09. The number of rotatable bonds is 5. The summed E-state index contributed by atoms with van der Waals surface area (Å²) in [7, 11) is 3.52. The number of hydrogen-bond acceptors (Lipinski definition) is 3. The molecule has 7 heteroatoms. The molecule has 0 radical (unpaired) electrons. The second-order valence-corrected chi connectivity index (χ2v) is 6.82. The van der Waals surface area contributed by atoms with Crippen LogP contribution in [-0.4, -0.2) is 36.6 Å². The van der Waals surface area contributed by atoms with E-state index in [1.54, 1.807) is 25.2 Å². The lowest BCUT2D eigenvalue weighted by molar-refractivity contribution is 0.183. The number of aliphatic hydroxyl groups excluding tert-OH is 1. The van der Waals surface area contributed by atoms with Gasteiger partial charge >= 0.3 is 0 Å². The first-order valence-corrected chi connectivity index (χ1v) is 8.28. The molecule has 124 valence electrons. The fourth-order valence-corrected chi connectivity index (χ4v) is 3.21. The normalized spacial score (nSPS) is 13.0. The van der Waals surface area contributed by atoms with Crippen molar-refractivity contribution in [2.24, 2.45) is 4.99 Å². The SMILES string of the molecule is CN=C(NCC(O)c1ccc(Cl)s1)N(C)Cc1cccc(F)c1. The molecule has 1 aromatic carbocycles. The highest BCUT2D eigenvalue weighted by Gasteiger charge is 2.13. The molecule has 0 aliphatic rings. The molecule has 2 rings (SSSR count). The maximum atomic E-state index is 13.2. The van der Waals surface area contributed by atoms with Gasteiger partial charge in [-0.15, -0.1) is 11.3 Å². The molecule has 0 bridgehead atoms. The van der Waals surface area contributed by atoms with E-state index in [1.807, 2.05) is 18.0 Å². The summed E-state index contributed by atoms with van der Waals surface area (Å²) in [5, 5.41) is 13.3. The molecular weight excluding hydrogens is 337 g/mol. The number of nitrogens with zero attached hydrogens (tertiary/aromatic N) is 2. The van der Waals surface area contributed by atoms with Gasteiger partial charge < -0.3 is 15.3 Å². The molecule has 0 amide bonds. The molecule has 0 saturated carbocycles. The number of halogens is 2. The lowest BCUT2D eigenvalue weighted by Gasteiger charge is -2.23. The highest BCUT2D eigenvalue weighted by atomic mass is 35.5. The molecular formula is C16H19ClFN3OS. The fourth-order valence-electron chi connectivity index (χ4n) is 2.16. The van der Waals surface area contributed by atoms with E-state index in [-0.39, 0.29) is 5.82 Å². The van der Waals surface area contributed by atoms with Crippen LogP contribution in [0, 0.1) is 5.82 Å². The monoisotopic (exact) mass is 355 g/mol. The molecule has 1 atom stereocenters. The zero-order valence-electron chi connectivity index (χ0n) is 13.0. The van der Waals surface area contributed by atoms with Crippen molar-refractivity contribution < 1.29 is 9.50 Å². The van der Waals surface area contributed by atoms with Crippen molar-refractivity contribution in [2.75, 3.05) is 20.6 Å². The van der Waals surface area contributed by atoms with E-state index < -0.39 is 6.10 Å². The lowest BCUT2D eigenvalue weighted by Crippen LogP contribution is -2.40. The number of nitrogens with one attached hydrogen (secondary N) is 1. The van der Waals surface area contributed by atoms with Gasteiger partial charge in [0.25, 0.3) is 0 Å². The Bertz CT molecular complexity index is 677. The van der Waals surface area contributed by atoms with Gasteiger partial charge in [0, 0.05) is 32.1 Å². The summed E-state index contributed by atoms with van der Waals surface area (Å²) in [6, 6.07) is 10.0. The smallest absolute Gasteiger partial charge is 0.193 e. The van der Waals surface area contributed by atoms with Crippen LogP contribution >= 0.6 is 22.9 Å². The van der Waals surface area contributed by atoms with Crippen molar-refractivity contribution in [2.45, 2.75) is 12.6 Å². The Morgan fingerprint density at radius 1 is 1.43 bits per heavy atom. The first-order chi connectivity index (χ1) is 11.0. The quantitative estimate of drug-likeness (QED) is 0.639. The van der Waals surface area contributed by atoms with Gasteiger partial charge in [-0.1, -0.05) is 23.7 Å². The maximum Gasteiger partial charge on any atom is 0.193 e. The zero-order chi connectivity index (χ0) is 16.8. The van der Waals surface area contributed by atoms with Crippen LogP contribution in [0.4, 0.5) is 4.39 Å². The third-order valence-electron chi connectivity index (χ3n) is 3.26. The van der Waals surface area contributed by atoms with Crippen molar-refractivity contribution in [3.8, 4) is 0 Å². The summed E-state index contributed by atoms with van der Waals surface area (Å²) in [5.41, 5.74) is 0.848. The van der Waals surface area contributed by atoms with Crippen LogP contribution in [0.15, 0.2) is 41.4 Å². The van der Waals surface area contributed by atoms with Crippen LogP contribution in [0.2, 0.25) is 4.34 Å². The molecule has 1 heterocycles. The van der Waals surface area contributed by atoms with Crippen molar-refractivity contribution in [1.29, 1.82) is 0 Å². The lowest BCUT2D eigenvalue weighted by atomic mass is 10.2. The van der Waals surface area contributed by atoms with Crippen LogP contribution in [-0.2, 0) is 6.54 Å². The van der Waals surface area contributed by atoms with Gasteiger partial charge in [0.05, 0.1) is 4.34 Å². The molecule has 0 saturated heterocycles. The largest absolute Gasteiger partial charge is 0.386 e. The van der Waals surface area contributed by atoms with Gasteiger partial charge in [0.15, 0.2) is 5.96 Å². The Morgan fingerprint density at radius 3 is 2.83 bits per heavy atom. The second-order valence-electron chi connectivity index (χ2n) is 5.07. The minimum Gasteiger partial charge on any atom is -0.386 e. The number of aliphatic hydroxyl groups is 1. The van der Waals surface area contributed by atoms with Crippen LogP contribution in [0.1, 0.15) is 16.5 Å². The highest BCUT2D eigenvalue weighted by Crippen LogP contribution is 2.26. The number of thiophene rings is 1. The fraction of sp³-hybridized carbons (Fsp3) is 0.312. The molecule has 23 heavy (non-hydrogen) atoms. The van der Waals surface area contributed by atoms with E-state index in [0.717, 1.165) is 10.4 Å². The standard InChI is InChI=1S/C16H19ClFN3OS/c1-19-16(20-9-13(22)14-6-7-15(17)23-14)21(2)10-11-4-3-5-12(18)8-11/h3-8,13,22H,9-10H2,1-2H3,(H,19,20). The van der Waals surface area contributed by atoms with E-state index in [1.165, 1.54) is 23.5 Å². The number of aliphatic imine (C=N–C) groups is 1. The molecule has 0 aliphatic heterocycles. The van der Waals surface area contributed by atoms with Crippen molar-refractivity contribution in [1.82, 2.24) is 10.2 Å². The van der Waals surface area contributed by atoms with Gasteiger partial charge in [-0.05, 0) is 29.8 Å². The summed E-state index contributed by atoms with van der Waals surface area (Å²) in [5.74, 6) is 0.361. The molecule has 0 fully saturated rings. The average molecular weight is 356 g/mol. The van der Waals surface area contributed by atoms with Crippen LogP contribution in [0.25, 0.3) is 0 Å². The third kappa shape index (κ3) is 5.20. The summed E-state index contributed by atoms with van der Waals surface area (Å²) in [6.07, 6.45) is -0.660. The van der Waals surface area contributed by atoms with Crippen molar-refractivity contribution in [3.63, 3.8) is 0 Å². The molecule has 1 unspecified atom stereocenters. The summed E-state index contributed by atoms with van der Waals surface area (Å²) in [6.45, 7) is 0.829. The topological polar surface area (TPSA) is 47.9 Å². The van der Waals surface area contributed by atoms with E-state index in [9.17, 15) is 9.50 Å². The Hall–Kier alpha value is -1.63. The Labute approximate surface area is 144 Å². The molecule has 4 nitrogen and oxygen atoms in total. The van der Waals surface area contributed by atoms with Crippen LogP contribution < -0.4 is 5.32 Å². The number of guanidine groups is 1. The Kier molecular flexibility index (Phi) is 6.38. The minimum absolute atomic E-state index is 0.260. The molecule has 0 spiro atoms. The third-order valence-corrected chi connectivity index (χ3v) is 4.59. The summed E-state index contributed by atoms with van der Waals surface area (Å²) >= 11 is 7.22. The van der Waals surface area contributed by atoms with E-state index in [0.29, 0.717) is 23.4 Å². The summed E-state index contributed by atoms with van der Waals surface area (Å²) < 4.78 is 13.9. The Balaban J connectivity index is 1.91. The molecule has 0 aliphatic carbocycles. The van der Waals surface area contributed by atoms with Gasteiger partial charge in [-0.25, -0.2) is 4.39 Å². The average Bonchev–Trinajstić information content (AvgIpc) is 2.94. The first kappa shape index (κ1) is 17.7. The number of hydrogen-bond donors (Lipinski definition) is 2. The van der Waals surface area contributed by atoms with Gasteiger partial charge in [0.2, 0.25) is 0 Å². The highest BCUT2D eigenvalue weighted by molar-refractivity contribution is 7.16. The zero-order valence-corrected chi connectivity index (χ0v) is 14.5.